The number of nitrogens with one attached hydrogen (secondary N) is 1. The summed E-state index contributed by atoms with van der Waals surface area (Å²) < 4.78 is 5.19. The van der Waals surface area contributed by atoms with E-state index in [1.54, 1.807) is 12.1 Å². The van der Waals surface area contributed by atoms with Gasteiger partial charge in [-0.1, -0.05) is 6.07 Å². The highest BCUT2D eigenvalue weighted by molar-refractivity contribution is 5.95. The Balaban J connectivity index is 2.28. The molecular weight excluding hydrogens is 272 g/mol. The molecule has 0 unspecified atom stereocenters. The molecule has 1 heterocycles. The molecule has 0 aliphatic carbocycles. The fourth-order valence-corrected chi connectivity index (χ4v) is 2.13. The van der Waals surface area contributed by atoms with Crippen LogP contribution in [-0.4, -0.2) is 47.6 Å². The number of carbonyl (C=O) groups excluding carboxylic acids is 1. The lowest BCUT2D eigenvalue weighted by atomic mass is 10.1. The van der Waals surface area contributed by atoms with Crippen LogP contribution in [0.5, 0.6) is 5.75 Å². The van der Waals surface area contributed by atoms with Gasteiger partial charge in [-0.15, -0.1) is 0 Å². The average Bonchev–Trinajstić information content (AvgIpc) is 2.79. The summed E-state index contributed by atoms with van der Waals surface area (Å²) in [6.07, 6.45) is 2.05. The molecule has 21 heavy (non-hydrogen) atoms. The van der Waals surface area contributed by atoms with Crippen molar-refractivity contribution in [1.82, 2.24) is 9.88 Å². The highest BCUT2D eigenvalue weighted by atomic mass is 16.5. The third-order valence-electron chi connectivity index (χ3n) is 3.10. The zero-order valence-electron chi connectivity index (χ0n) is 12.0. The number of nitrogens with zero attached hydrogens (tertiary/aromatic N) is 1. The Labute approximate surface area is 122 Å². The quantitative estimate of drug-likeness (QED) is 0.480. The van der Waals surface area contributed by atoms with Gasteiger partial charge in [-0.2, -0.15) is 0 Å². The van der Waals surface area contributed by atoms with Gasteiger partial charge in [-0.3, -0.25) is 9.59 Å². The molecule has 0 saturated heterocycles. The maximum absolute atomic E-state index is 11.5. The third-order valence-corrected chi connectivity index (χ3v) is 3.10. The standard InChI is InChI=1S/C15H18N2O4/c1-17(2)7-6-10-9-16-11-4-3-5-12(15(10)11)21-14(20)8-13(18)19/h3-5,9,16H,6-8H2,1-2H3,(H,18,19). The number of H-pyrrole nitrogens is 1. The van der Waals surface area contributed by atoms with E-state index < -0.39 is 18.4 Å². The second kappa shape index (κ2) is 6.41. The van der Waals surface area contributed by atoms with Crippen molar-refractivity contribution in [3.8, 4) is 5.75 Å². The maximum atomic E-state index is 11.5. The second-order valence-electron chi connectivity index (χ2n) is 5.09. The van der Waals surface area contributed by atoms with Crippen molar-refractivity contribution in [3.63, 3.8) is 0 Å². The molecule has 0 atom stereocenters. The number of rotatable bonds is 6. The van der Waals surface area contributed by atoms with Crippen LogP contribution in [0.2, 0.25) is 0 Å². The zero-order chi connectivity index (χ0) is 15.4. The number of carboxylic acids is 1. The third kappa shape index (κ3) is 3.82. The Bertz CT molecular complexity index is 661. The monoisotopic (exact) mass is 290 g/mol. The van der Waals surface area contributed by atoms with E-state index in [4.69, 9.17) is 9.84 Å². The van der Waals surface area contributed by atoms with Crippen molar-refractivity contribution in [3.05, 3.63) is 30.0 Å². The predicted molar refractivity (Wildman–Crippen MR) is 78.4 cm³/mol. The number of carboxylic acid groups (broad SMARTS) is 1. The minimum Gasteiger partial charge on any atom is -0.481 e. The van der Waals surface area contributed by atoms with Crippen molar-refractivity contribution >= 4 is 22.8 Å². The summed E-state index contributed by atoms with van der Waals surface area (Å²) in [5.74, 6) is -1.57. The molecule has 0 spiro atoms. The Hall–Kier alpha value is -2.34. The lowest BCUT2D eigenvalue weighted by Gasteiger charge is -2.10. The van der Waals surface area contributed by atoms with Gasteiger partial charge in [-0.25, -0.2) is 0 Å². The van der Waals surface area contributed by atoms with Crippen LogP contribution in [0.25, 0.3) is 10.9 Å². The van der Waals surface area contributed by atoms with E-state index in [2.05, 4.69) is 9.88 Å². The van der Waals surface area contributed by atoms with Crippen LogP contribution in [0, 0.1) is 0 Å². The molecule has 0 fully saturated rings. The van der Waals surface area contributed by atoms with Gasteiger partial charge in [0.25, 0.3) is 0 Å². The molecule has 0 aliphatic rings. The normalized spacial score (nSPS) is 11.0. The van der Waals surface area contributed by atoms with E-state index in [1.807, 2.05) is 26.4 Å². The van der Waals surface area contributed by atoms with Crippen LogP contribution in [-0.2, 0) is 16.0 Å². The van der Waals surface area contributed by atoms with Crippen molar-refractivity contribution in [2.75, 3.05) is 20.6 Å². The second-order valence-corrected chi connectivity index (χ2v) is 5.09. The minimum absolute atomic E-state index is 0.397. The number of likely N-dealkylation sites (N-methyl/N-ethyl adjacent to an activating group) is 1. The van der Waals surface area contributed by atoms with E-state index in [1.165, 1.54) is 0 Å². The Morgan fingerprint density at radius 1 is 1.33 bits per heavy atom. The van der Waals surface area contributed by atoms with E-state index in [-0.39, 0.29) is 0 Å². The molecule has 112 valence electrons. The maximum Gasteiger partial charge on any atom is 0.322 e. The lowest BCUT2D eigenvalue weighted by molar-refractivity contribution is -0.145. The first-order valence-electron chi connectivity index (χ1n) is 6.63. The molecule has 0 amide bonds. The SMILES string of the molecule is CN(C)CCc1c[nH]c2cccc(OC(=O)CC(=O)O)c12. The molecule has 1 aromatic carbocycles. The Morgan fingerprint density at radius 2 is 2.10 bits per heavy atom. The van der Waals surface area contributed by atoms with Crippen LogP contribution in [0.3, 0.4) is 0 Å². The Kier molecular flexibility index (Phi) is 4.59. The van der Waals surface area contributed by atoms with Gasteiger partial charge in [0, 0.05) is 23.6 Å². The summed E-state index contributed by atoms with van der Waals surface area (Å²) in [6, 6.07) is 5.33. The highest BCUT2D eigenvalue weighted by Crippen LogP contribution is 2.29. The Morgan fingerprint density at radius 3 is 2.76 bits per heavy atom. The lowest BCUT2D eigenvalue weighted by Crippen LogP contribution is -2.15. The van der Waals surface area contributed by atoms with Gasteiger partial charge >= 0.3 is 11.9 Å². The first kappa shape index (κ1) is 15.1. The molecule has 2 aromatic rings. The topological polar surface area (TPSA) is 82.6 Å². The number of ether oxygens (including phenoxy) is 1. The molecule has 0 radical (unpaired) electrons. The van der Waals surface area contributed by atoms with E-state index >= 15 is 0 Å². The number of aromatic amines is 1. The molecule has 6 heteroatoms. The average molecular weight is 290 g/mol. The van der Waals surface area contributed by atoms with E-state index in [0.717, 1.165) is 29.4 Å². The van der Waals surface area contributed by atoms with E-state index in [9.17, 15) is 9.59 Å². The van der Waals surface area contributed by atoms with Crippen LogP contribution in [0.1, 0.15) is 12.0 Å². The summed E-state index contributed by atoms with van der Waals surface area (Å²) in [5, 5.41) is 9.45. The summed E-state index contributed by atoms with van der Waals surface area (Å²) in [4.78, 5) is 27.3. The molecular formula is C15H18N2O4. The molecule has 2 rings (SSSR count). The molecule has 2 N–H and O–H groups in total. The number of aromatic nitrogens is 1. The number of aliphatic carboxylic acids is 1. The van der Waals surface area contributed by atoms with Gasteiger partial charge in [0.1, 0.15) is 12.2 Å². The zero-order valence-corrected chi connectivity index (χ0v) is 12.0. The predicted octanol–water partition coefficient (Wildman–Crippen LogP) is 1.65. The first-order valence-corrected chi connectivity index (χ1v) is 6.63. The summed E-state index contributed by atoms with van der Waals surface area (Å²) in [6.45, 7) is 0.865. The van der Waals surface area contributed by atoms with Crippen molar-refractivity contribution in [2.45, 2.75) is 12.8 Å². The van der Waals surface area contributed by atoms with E-state index in [0.29, 0.717) is 5.75 Å². The summed E-state index contributed by atoms with van der Waals surface area (Å²) >= 11 is 0. The minimum atomic E-state index is -1.20. The molecule has 0 aliphatic heterocycles. The highest BCUT2D eigenvalue weighted by Gasteiger charge is 2.15. The first-order chi connectivity index (χ1) is 9.97. The largest absolute Gasteiger partial charge is 0.481 e. The number of fused-ring (bicyclic) bond motifs is 1. The van der Waals surface area contributed by atoms with Crippen LogP contribution >= 0.6 is 0 Å². The van der Waals surface area contributed by atoms with Crippen molar-refractivity contribution in [1.29, 1.82) is 0 Å². The number of carbonyl (C=O) groups is 2. The fourth-order valence-electron chi connectivity index (χ4n) is 2.13. The van der Waals surface area contributed by atoms with Crippen molar-refractivity contribution in [2.24, 2.45) is 0 Å². The van der Waals surface area contributed by atoms with Gasteiger partial charge in [-0.05, 0) is 38.2 Å². The van der Waals surface area contributed by atoms with Crippen LogP contribution < -0.4 is 4.74 Å². The number of hydrogen-bond acceptors (Lipinski definition) is 4. The molecule has 0 saturated carbocycles. The van der Waals surface area contributed by atoms with Gasteiger partial charge in [0.2, 0.25) is 0 Å². The molecule has 6 nitrogen and oxygen atoms in total. The number of benzene rings is 1. The molecule has 0 bridgehead atoms. The number of hydrogen-bond donors (Lipinski definition) is 2. The van der Waals surface area contributed by atoms with Gasteiger partial charge in [0.05, 0.1) is 0 Å². The van der Waals surface area contributed by atoms with Crippen LogP contribution in [0.4, 0.5) is 0 Å². The van der Waals surface area contributed by atoms with Gasteiger partial charge < -0.3 is 19.7 Å². The molecule has 1 aromatic heterocycles. The number of esters is 1. The fraction of sp³-hybridized carbons (Fsp3) is 0.333. The summed E-state index contributed by atoms with van der Waals surface area (Å²) in [5.41, 5.74) is 1.90. The smallest absolute Gasteiger partial charge is 0.322 e. The van der Waals surface area contributed by atoms with Crippen LogP contribution in [0.15, 0.2) is 24.4 Å². The van der Waals surface area contributed by atoms with Crippen molar-refractivity contribution < 1.29 is 19.4 Å². The summed E-state index contributed by atoms with van der Waals surface area (Å²) in [7, 11) is 3.98. The van der Waals surface area contributed by atoms with Gasteiger partial charge in [0.15, 0.2) is 0 Å².